The Morgan fingerprint density at radius 3 is 2.84 bits per heavy atom. The smallest absolute Gasteiger partial charge is 0.289 e. The van der Waals surface area contributed by atoms with E-state index in [1.54, 1.807) is 30.5 Å². The summed E-state index contributed by atoms with van der Waals surface area (Å²) in [6.07, 6.45) is 4.94. The largest absolute Gasteiger partial charge is 0.465 e. The monoisotopic (exact) mass is 354 g/mol. The summed E-state index contributed by atoms with van der Waals surface area (Å²) in [4.78, 5) is 12.1. The molecule has 0 bridgehead atoms. The van der Waals surface area contributed by atoms with Crippen molar-refractivity contribution in [3.63, 3.8) is 0 Å². The summed E-state index contributed by atoms with van der Waals surface area (Å²) < 4.78 is 5.21. The normalized spacial score (nSPS) is 11.8. The van der Waals surface area contributed by atoms with Gasteiger partial charge in [-0.15, -0.1) is 0 Å². The van der Waals surface area contributed by atoms with Crippen LogP contribution in [0.3, 0.4) is 0 Å². The molecule has 3 aromatic rings. The summed E-state index contributed by atoms with van der Waals surface area (Å²) in [5, 5.41) is 11.4. The van der Waals surface area contributed by atoms with Gasteiger partial charge in [-0.25, -0.2) is 5.43 Å². The summed E-state index contributed by atoms with van der Waals surface area (Å²) in [5.74, 6) is 0.339. The molecule has 6 nitrogen and oxygen atoms in total. The Labute approximate surface area is 149 Å². The molecule has 2 heterocycles. The van der Waals surface area contributed by atoms with E-state index in [2.05, 4.69) is 20.7 Å². The third kappa shape index (κ3) is 4.45. The van der Waals surface area contributed by atoms with Gasteiger partial charge in [-0.2, -0.15) is 10.2 Å². The van der Waals surface area contributed by atoms with Gasteiger partial charge in [0.1, 0.15) is 11.5 Å². The van der Waals surface area contributed by atoms with Crippen LogP contribution in [-0.4, -0.2) is 22.3 Å². The summed E-state index contributed by atoms with van der Waals surface area (Å²) in [5.41, 5.74) is 5.11. The van der Waals surface area contributed by atoms with Gasteiger partial charge in [0.25, 0.3) is 5.91 Å². The third-order valence-electron chi connectivity index (χ3n) is 3.31. The SMILES string of the molecule is CC(C=NNC(=O)c1cc(-c2ccc(Cl)cc2)n[nH]1)=Cc1ccco1. The maximum atomic E-state index is 12.1. The van der Waals surface area contributed by atoms with Crippen LogP contribution in [-0.2, 0) is 0 Å². The predicted molar refractivity (Wildman–Crippen MR) is 97.4 cm³/mol. The van der Waals surface area contributed by atoms with Gasteiger partial charge in [-0.05, 0) is 48.9 Å². The Balaban J connectivity index is 1.62. The molecular formula is C18H15ClN4O2. The molecule has 0 aliphatic rings. The number of amides is 1. The van der Waals surface area contributed by atoms with E-state index >= 15 is 0 Å². The van der Waals surface area contributed by atoms with Crippen molar-refractivity contribution in [3.8, 4) is 11.3 Å². The van der Waals surface area contributed by atoms with Gasteiger partial charge in [0.05, 0.1) is 18.2 Å². The van der Waals surface area contributed by atoms with E-state index in [9.17, 15) is 4.79 Å². The number of carbonyl (C=O) groups excluding carboxylic acids is 1. The molecule has 0 aliphatic carbocycles. The van der Waals surface area contributed by atoms with Gasteiger partial charge < -0.3 is 4.42 Å². The van der Waals surface area contributed by atoms with E-state index in [0.29, 0.717) is 16.4 Å². The number of benzene rings is 1. The van der Waals surface area contributed by atoms with Crippen molar-refractivity contribution in [3.05, 3.63) is 70.8 Å². The van der Waals surface area contributed by atoms with E-state index in [1.165, 1.54) is 6.21 Å². The Bertz CT molecular complexity index is 909. The maximum absolute atomic E-state index is 12.1. The number of furan rings is 1. The quantitative estimate of drug-likeness (QED) is 0.533. The van der Waals surface area contributed by atoms with Gasteiger partial charge in [-0.3, -0.25) is 9.89 Å². The number of carbonyl (C=O) groups is 1. The summed E-state index contributed by atoms with van der Waals surface area (Å²) in [6.45, 7) is 1.85. The number of rotatable bonds is 5. The van der Waals surface area contributed by atoms with Crippen molar-refractivity contribution in [1.29, 1.82) is 0 Å². The zero-order valence-electron chi connectivity index (χ0n) is 13.4. The van der Waals surface area contributed by atoms with Gasteiger partial charge in [-0.1, -0.05) is 23.7 Å². The molecule has 2 N–H and O–H groups in total. The highest BCUT2D eigenvalue weighted by Crippen LogP contribution is 2.20. The minimum Gasteiger partial charge on any atom is -0.465 e. The number of nitrogens with zero attached hydrogens (tertiary/aromatic N) is 2. The molecular weight excluding hydrogens is 340 g/mol. The molecule has 0 saturated carbocycles. The molecule has 0 aliphatic heterocycles. The molecule has 0 atom stereocenters. The Morgan fingerprint density at radius 2 is 2.12 bits per heavy atom. The molecule has 126 valence electrons. The standard InChI is InChI=1S/C18H15ClN4O2/c1-12(9-15-3-2-8-25-15)11-20-23-18(24)17-10-16(21-22-17)13-4-6-14(19)7-5-13/h2-11H,1H3,(H,21,22)(H,23,24). The van der Waals surface area contributed by atoms with E-state index in [1.807, 2.05) is 31.2 Å². The molecule has 3 rings (SSSR count). The van der Waals surface area contributed by atoms with E-state index in [0.717, 1.165) is 16.9 Å². The first-order chi connectivity index (χ1) is 12.1. The topological polar surface area (TPSA) is 83.3 Å². The van der Waals surface area contributed by atoms with Crippen molar-refractivity contribution in [2.24, 2.45) is 5.10 Å². The molecule has 0 radical (unpaired) electrons. The first-order valence-electron chi connectivity index (χ1n) is 7.48. The van der Waals surface area contributed by atoms with Crippen LogP contribution >= 0.6 is 11.6 Å². The molecule has 0 spiro atoms. The van der Waals surface area contributed by atoms with Crippen LogP contribution in [0.1, 0.15) is 23.2 Å². The van der Waals surface area contributed by atoms with Crippen LogP contribution in [0.2, 0.25) is 5.02 Å². The second kappa shape index (κ2) is 7.63. The highest BCUT2D eigenvalue weighted by Gasteiger charge is 2.10. The van der Waals surface area contributed by atoms with Gasteiger partial charge in [0.15, 0.2) is 0 Å². The van der Waals surface area contributed by atoms with Crippen LogP contribution in [0.5, 0.6) is 0 Å². The number of hydrazone groups is 1. The Morgan fingerprint density at radius 1 is 1.32 bits per heavy atom. The lowest BCUT2D eigenvalue weighted by molar-refractivity contribution is 0.0950. The van der Waals surface area contributed by atoms with Crippen LogP contribution in [0.15, 0.2) is 63.8 Å². The van der Waals surface area contributed by atoms with Gasteiger partial charge >= 0.3 is 0 Å². The van der Waals surface area contributed by atoms with Crippen LogP contribution in [0, 0.1) is 0 Å². The Kier molecular flexibility index (Phi) is 5.11. The lowest BCUT2D eigenvalue weighted by atomic mass is 10.1. The summed E-state index contributed by atoms with van der Waals surface area (Å²) in [6, 6.07) is 12.5. The summed E-state index contributed by atoms with van der Waals surface area (Å²) in [7, 11) is 0. The fraction of sp³-hybridized carbons (Fsp3) is 0.0556. The number of aromatic amines is 1. The number of hydrogen-bond acceptors (Lipinski definition) is 4. The fourth-order valence-electron chi connectivity index (χ4n) is 2.09. The zero-order valence-corrected chi connectivity index (χ0v) is 14.1. The first-order valence-corrected chi connectivity index (χ1v) is 7.86. The average Bonchev–Trinajstić information content (AvgIpc) is 3.27. The first kappa shape index (κ1) is 16.7. The zero-order chi connectivity index (χ0) is 17.6. The van der Waals surface area contributed by atoms with Gasteiger partial charge in [0.2, 0.25) is 0 Å². The molecule has 0 unspecified atom stereocenters. The molecule has 1 aromatic carbocycles. The maximum Gasteiger partial charge on any atom is 0.289 e. The lowest BCUT2D eigenvalue weighted by Crippen LogP contribution is -2.17. The van der Waals surface area contributed by atoms with E-state index in [4.69, 9.17) is 16.0 Å². The van der Waals surface area contributed by atoms with Crippen molar-refractivity contribution in [2.45, 2.75) is 6.92 Å². The minimum absolute atomic E-state index is 0.315. The van der Waals surface area contributed by atoms with Crippen LogP contribution in [0.4, 0.5) is 0 Å². The van der Waals surface area contributed by atoms with E-state index < -0.39 is 0 Å². The highest BCUT2D eigenvalue weighted by atomic mass is 35.5. The number of nitrogens with one attached hydrogen (secondary N) is 2. The lowest BCUT2D eigenvalue weighted by Gasteiger charge is -1.96. The molecule has 2 aromatic heterocycles. The number of allylic oxidation sites excluding steroid dienone is 1. The van der Waals surface area contributed by atoms with Crippen LogP contribution in [0.25, 0.3) is 17.3 Å². The third-order valence-corrected chi connectivity index (χ3v) is 3.56. The fourth-order valence-corrected chi connectivity index (χ4v) is 2.22. The average molecular weight is 355 g/mol. The second-order valence-electron chi connectivity index (χ2n) is 5.28. The number of H-pyrrole nitrogens is 1. The van der Waals surface area contributed by atoms with Crippen molar-refractivity contribution in [2.75, 3.05) is 0 Å². The molecule has 0 saturated heterocycles. The van der Waals surface area contributed by atoms with Crippen molar-refractivity contribution in [1.82, 2.24) is 15.6 Å². The molecule has 7 heteroatoms. The molecule has 0 fully saturated rings. The number of halogens is 1. The Hall–Kier alpha value is -3.12. The second-order valence-corrected chi connectivity index (χ2v) is 5.71. The number of hydrogen-bond donors (Lipinski definition) is 2. The molecule has 25 heavy (non-hydrogen) atoms. The minimum atomic E-state index is -0.380. The van der Waals surface area contributed by atoms with Crippen LogP contribution < -0.4 is 5.43 Å². The van der Waals surface area contributed by atoms with Crippen molar-refractivity contribution >= 4 is 29.8 Å². The van der Waals surface area contributed by atoms with Gasteiger partial charge in [0, 0.05) is 10.6 Å². The summed E-state index contributed by atoms with van der Waals surface area (Å²) >= 11 is 5.86. The van der Waals surface area contributed by atoms with E-state index in [-0.39, 0.29) is 5.91 Å². The predicted octanol–water partition coefficient (Wildman–Crippen LogP) is 4.14. The molecule has 1 amide bonds. The van der Waals surface area contributed by atoms with Crippen molar-refractivity contribution < 1.29 is 9.21 Å². The number of aromatic nitrogens is 2. The highest BCUT2D eigenvalue weighted by molar-refractivity contribution is 6.30.